The maximum atomic E-state index is 12.4. The molecule has 0 heterocycles. The number of benzene rings is 3. The lowest BCUT2D eigenvalue weighted by atomic mass is 10.1. The van der Waals surface area contributed by atoms with Gasteiger partial charge in [0.1, 0.15) is 0 Å². The molecule has 0 aliphatic rings. The maximum Gasteiger partial charge on any atom is 0.272 e. The average Bonchev–Trinajstić information content (AvgIpc) is 2.75. The molecule has 3 aromatic carbocycles. The van der Waals surface area contributed by atoms with E-state index in [-0.39, 0.29) is 5.91 Å². The zero-order valence-electron chi connectivity index (χ0n) is 15.1. The van der Waals surface area contributed by atoms with E-state index in [2.05, 4.69) is 10.5 Å². The van der Waals surface area contributed by atoms with E-state index in [4.69, 9.17) is 11.6 Å². The van der Waals surface area contributed by atoms with Gasteiger partial charge in [-0.3, -0.25) is 4.79 Å². The van der Waals surface area contributed by atoms with Gasteiger partial charge in [0, 0.05) is 0 Å². The second kappa shape index (κ2) is 10.0. The van der Waals surface area contributed by atoms with Gasteiger partial charge in [0.25, 0.3) is 5.91 Å². The Balaban J connectivity index is 1.81. The molecular formula is C24H19ClN2O. The average molecular weight is 387 g/mol. The van der Waals surface area contributed by atoms with Crippen molar-refractivity contribution in [3.8, 4) is 0 Å². The summed E-state index contributed by atoms with van der Waals surface area (Å²) in [5, 5.41) is 4.64. The van der Waals surface area contributed by atoms with Crippen molar-refractivity contribution in [2.24, 2.45) is 5.10 Å². The fourth-order valence-corrected chi connectivity index (χ4v) is 2.66. The Morgan fingerprint density at radius 1 is 0.750 bits per heavy atom. The second-order valence-corrected chi connectivity index (χ2v) is 6.35. The van der Waals surface area contributed by atoms with Gasteiger partial charge in [0.05, 0.1) is 16.3 Å². The first kappa shape index (κ1) is 19.3. The Kier molecular flexibility index (Phi) is 6.94. The van der Waals surface area contributed by atoms with Gasteiger partial charge in [0.15, 0.2) is 0 Å². The highest BCUT2D eigenvalue weighted by atomic mass is 35.5. The Bertz CT molecular complexity index is 958. The third-order valence-corrected chi connectivity index (χ3v) is 4.23. The van der Waals surface area contributed by atoms with Crippen LogP contribution in [0.5, 0.6) is 0 Å². The van der Waals surface area contributed by atoms with Gasteiger partial charge in [0.2, 0.25) is 0 Å². The van der Waals surface area contributed by atoms with Crippen LogP contribution in [0.25, 0.3) is 12.2 Å². The molecule has 0 aromatic heterocycles. The molecule has 0 aliphatic carbocycles. The molecule has 0 bridgehead atoms. The number of amides is 1. The van der Waals surface area contributed by atoms with E-state index in [0.717, 1.165) is 11.1 Å². The molecule has 0 spiro atoms. The fraction of sp³-hybridized carbons (Fsp3) is 0. The van der Waals surface area contributed by atoms with Crippen molar-refractivity contribution in [2.45, 2.75) is 0 Å². The number of allylic oxidation sites excluding steroid dienone is 2. The summed E-state index contributed by atoms with van der Waals surface area (Å²) in [5.41, 5.74) is 5.64. The minimum Gasteiger partial charge on any atom is -0.267 e. The van der Waals surface area contributed by atoms with E-state index < -0.39 is 0 Å². The summed E-state index contributed by atoms with van der Waals surface area (Å²) in [4.78, 5) is 12.4. The molecule has 0 fully saturated rings. The molecule has 4 heteroatoms. The van der Waals surface area contributed by atoms with Crippen molar-refractivity contribution in [2.75, 3.05) is 0 Å². The number of nitrogens with one attached hydrogen (secondary N) is 1. The summed E-state index contributed by atoms with van der Waals surface area (Å²) in [6, 6.07) is 26.7. The van der Waals surface area contributed by atoms with E-state index in [1.165, 1.54) is 0 Å². The molecule has 3 aromatic rings. The first-order valence-electron chi connectivity index (χ1n) is 8.81. The number of nitrogens with zero attached hydrogens (tertiary/aromatic N) is 1. The number of carbonyl (C=O) groups excluding carboxylic acids is 1. The molecule has 0 unspecified atom stereocenters. The molecule has 1 N–H and O–H groups in total. The topological polar surface area (TPSA) is 41.5 Å². The van der Waals surface area contributed by atoms with Crippen LogP contribution in [0, 0.1) is 0 Å². The largest absolute Gasteiger partial charge is 0.272 e. The van der Waals surface area contributed by atoms with Gasteiger partial charge < -0.3 is 0 Å². The molecular weight excluding hydrogens is 368 g/mol. The van der Waals surface area contributed by atoms with Gasteiger partial charge in [-0.15, -0.1) is 0 Å². The third-order valence-electron chi connectivity index (χ3n) is 3.90. The smallest absolute Gasteiger partial charge is 0.267 e. The molecule has 1 amide bonds. The van der Waals surface area contributed by atoms with Crippen molar-refractivity contribution in [1.29, 1.82) is 0 Å². The maximum absolute atomic E-state index is 12.4. The quantitative estimate of drug-likeness (QED) is 0.419. The van der Waals surface area contributed by atoms with Crippen LogP contribution in [-0.2, 0) is 0 Å². The number of hydrogen-bond donors (Lipinski definition) is 1. The normalized spacial score (nSPS) is 10.9. The third kappa shape index (κ3) is 5.79. The molecule has 138 valence electrons. The molecule has 0 radical (unpaired) electrons. The first-order valence-corrected chi connectivity index (χ1v) is 9.19. The molecule has 0 saturated carbocycles. The van der Waals surface area contributed by atoms with Crippen LogP contribution in [0.2, 0.25) is 5.02 Å². The highest BCUT2D eigenvalue weighted by Crippen LogP contribution is 2.14. The van der Waals surface area contributed by atoms with Crippen LogP contribution in [0.3, 0.4) is 0 Å². The second-order valence-electron chi connectivity index (χ2n) is 5.95. The molecule has 28 heavy (non-hydrogen) atoms. The molecule has 3 nitrogen and oxygen atoms in total. The van der Waals surface area contributed by atoms with Crippen LogP contribution >= 0.6 is 11.6 Å². The summed E-state index contributed by atoms with van der Waals surface area (Å²) >= 11 is 6.08. The van der Waals surface area contributed by atoms with Crippen LogP contribution < -0.4 is 5.43 Å². The standard InChI is InChI=1S/C24H19ClN2O/c25-23-14-8-7-13-22(23)24(28)27-26-21(17-15-19-9-3-1-4-10-19)18-16-20-11-5-2-6-12-20/h1-18H,(H,27,28)/b17-15+,18-16+. The summed E-state index contributed by atoms with van der Waals surface area (Å²) in [6.45, 7) is 0. The van der Waals surface area contributed by atoms with Crippen LogP contribution in [0.1, 0.15) is 21.5 Å². The summed E-state index contributed by atoms with van der Waals surface area (Å²) in [7, 11) is 0. The van der Waals surface area contributed by atoms with Crippen molar-refractivity contribution >= 4 is 35.4 Å². The fourth-order valence-electron chi connectivity index (χ4n) is 2.44. The summed E-state index contributed by atoms with van der Waals surface area (Å²) < 4.78 is 0. The Labute approximate surface area is 169 Å². The summed E-state index contributed by atoms with van der Waals surface area (Å²) in [6.07, 6.45) is 7.58. The van der Waals surface area contributed by atoms with Crippen molar-refractivity contribution in [3.63, 3.8) is 0 Å². The zero-order valence-corrected chi connectivity index (χ0v) is 15.9. The van der Waals surface area contributed by atoms with Crippen LogP contribution in [-0.4, -0.2) is 11.6 Å². The van der Waals surface area contributed by atoms with Crippen LogP contribution in [0.15, 0.2) is 102 Å². The highest BCUT2D eigenvalue weighted by Gasteiger charge is 2.08. The lowest BCUT2D eigenvalue weighted by molar-refractivity contribution is 0.0955. The Morgan fingerprint density at radius 3 is 1.79 bits per heavy atom. The lowest BCUT2D eigenvalue weighted by Gasteiger charge is -2.03. The number of rotatable bonds is 6. The number of hydrogen-bond acceptors (Lipinski definition) is 2. The van der Waals surface area contributed by atoms with E-state index in [1.807, 2.05) is 85.0 Å². The minimum absolute atomic E-state index is 0.357. The Hall–Kier alpha value is -3.43. The Morgan fingerprint density at radius 2 is 1.25 bits per heavy atom. The van der Waals surface area contributed by atoms with E-state index >= 15 is 0 Å². The number of halogens is 1. The predicted octanol–water partition coefficient (Wildman–Crippen LogP) is 5.85. The molecule has 3 rings (SSSR count). The summed E-state index contributed by atoms with van der Waals surface area (Å²) in [5.74, 6) is -0.357. The van der Waals surface area contributed by atoms with Crippen molar-refractivity contribution < 1.29 is 4.79 Å². The van der Waals surface area contributed by atoms with Crippen molar-refractivity contribution in [3.05, 3.63) is 119 Å². The highest BCUT2D eigenvalue weighted by molar-refractivity contribution is 6.33. The van der Waals surface area contributed by atoms with Gasteiger partial charge >= 0.3 is 0 Å². The van der Waals surface area contributed by atoms with Gasteiger partial charge in [-0.1, -0.05) is 96.5 Å². The van der Waals surface area contributed by atoms with E-state index in [1.54, 1.807) is 24.3 Å². The molecule has 0 atom stereocenters. The van der Waals surface area contributed by atoms with Gasteiger partial charge in [-0.2, -0.15) is 5.10 Å². The van der Waals surface area contributed by atoms with E-state index in [9.17, 15) is 4.79 Å². The monoisotopic (exact) mass is 386 g/mol. The molecule has 0 saturated heterocycles. The van der Waals surface area contributed by atoms with E-state index in [0.29, 0.717) is 16.3 Å². The van der Waals surface area contributed by atoms with Gasteiger partial charge in [-0.25, -0.2) is 5.43 Å². The lowest BCUT2D eigenvalue weighted by Crippen LogP contribution is -2.19. The number of carbonyl (C=O) groups is 1. The SMILES string of the molecule is O=C(NN=C(/C=C/c1ccccc1)/C=C/c1ccccc1)c1ccccc1Cl. The molecule has 0 aliphatic heterocycles. The predicted molar refractivity (Wildman–Crippen MR) is 117 cm³/mol. The minimum atomic E-state index is -0.357. The zero-order chi connectivity index (χ0) is 19.6. The van der Waals surface area contributed by atoms with Crippen LogP contribution in [0.4, 0.5) is 0 Å². The van der Waals surface area contributed by atoms with Crippen molar-refractivity contribution in [1.82, 2.24) is 5.43 Å². The first-order chi connectivity index (χ1) is 13.7. The number of hydrazone groups is 1. The van der Waals surface area contributed by atoms with Gasteiger partial charge in [-0.05, 0) is 35.4 Å².